The van der Waals surface area contributed by atoms with Crippen molar-refractivity contribution in [2.75, 3.05) is 17.7 Å². The zero-order valence-electron chi connectivity index (χ0n) is 13.9. The first kappa shape index (κ1) is 16.1. The van der Waals surface area contributed by atoms with Gasteiger partial charge in [-0.25, -0.2) is 9.78 Å². The molecule has 24 heavy (non-hydrogen) atoms. The summed E-state index contributed by atoms with van der Waals surface area (Å²) in [6.45, 7) is 2.06. The number of hydrogen-bond donors (Lipinski definition) is 3. The van der Waals surface area contributed by atoms with Crippen LogP contribution < -0.4 is 20.7 Å². The number of carbonyl (C=O) groups is 1. The Labute approximate surface area is 141 Å². The van der Waals surface area contributed by atoms with Gasteiger partial charge in [-0.1, -0.05) is 12.1 Å². The van der Waals surface area contributed by atoms with Gasteiger partial charge in [0.1, 0.15) is 11.6 Å². The van der Waals surface area contributed by atoms with Gasteiger partial charge in [0.05, 0.1) is 7.11 Å². The molecule has 0 unspecified atom stereocenters. The summed E-state index contributed by atoms with van der Waals surface area (Å²) in [5, 5.41) is 9.08. The number of anilines is 2. The lowest BCUT2D eigenvalue weighted by atomic mass is 10.1. The van der Waals surface area contributed by atoms with Crippen molar-refractivity contribution in [1.29, 1.82) is 0 Å². The van der Waals surface area contributed by atoms with Gasteiger partial charge in [0.25, 0.3) is 0 Å². The van der Waals surface area contributed by atoms with E-state index in [1.807, 2.05) is 36.4 Å². The van der Waals surface area contributed by atoms with Gasteiger partial charge < -0.3 is 20.7 Å². The fourth-order valence-electron chi connectivity index (χ4n) is 2.36. The van der Waals surface area contributed by atoms with Crippen molar-refractivity contribution in [3.8, 4) is 5.75 Å². The van der Waals surface area contributed by atoms with Gasteiger partial charge in [0.15, 0.2) is 0 Å². The molecule has 3 N–H and O–H groups in total. The van der Waals surface area contributed by atoms with Crippen molar-refractivity contribution in [3.63, 3.8) is 0 Å². The lowest BCUT2D eigenvalue weighted by Gasteiger charge is -2.16. The van der Waals surface area contributed by atoms with Crippen molar-refractivity contribution in [2.24, 2.45) is 0 Å². The molecule has 0 bridgehead atoms. The molecule has 3 rings (SSSR count). The van der Waals surface area contributed by atoms with Crippen molar-refractivity contribution in [2.45, 2.75) is 31.8 Å². The van der Waals surface area contributed by atoms with Crippen LogP contribution >= 0.6 is 0 Å². The molecule has 1 saturated carbocycles. The zero-order chi connectivity index (χ0) is 16.9. The highest BCUT2D eigenvalue weighted by Gasteiger charge is 2.23. The van der Waals surface area contributed by atoms with E-state index in [2.05, 4.69) is 27.9 Å². The van der Waals surface area contributed by atoms with Crippen LogP contribution in [0.1, 0.15) is 31.4 Å². The van der Waals surface area contributed by atoms with Gasteiger partial charge in [-0.05, 0) is 43.5 Å². The molecular formula is C18H22N4O2. The Kier molecular flexibility index (Phi) is 4.84. The van der Waals surface area contributed by atoms with E-state index < -0.39 is 0 Å². The van der Waals surface area contributed by atoms with Crippen LogP contribution in [-0.4, -0.2) is 24.2 Å². The van der Waals surface area contributed by atoms with Gasteiger partial charge in [0, 0.05) is 30.0 Å². The SMILES string of the molecule is COc1ccnc(N[C@@H](C)c2ccc(NC(=O)NC3CC3)cc2)c1. The van der Waals surface area contributed by atoms with Gasteiger partial charge in [-0.3, -0.25) is 0 Å². The molecule has 2 aromatic rings. The summed E-state index contributed by atoms with van der Waals surface area (Å²) in [5.74, 6) is 1.52. The maximum atomic E-state index is 11.7. The third-order valence-electron chi connectivity index (χ3n) is 3.91. The number of nitrogens with zero attached hydrogens (tertiary/aromatic N) is 1. The molecule has 1 aliphatic carbocycles. The van der Waals surface area contributed by atoms with Crippen molar-refractivity contribution in [3.05, 3.63) is 48.2 Å². The second kappa shape index (κ2) is 7.21. The Hall–Kier alpha value is -2.76. The molecule has 0 spiro atoms. The van der Waals surface area contributed by atoms with E-state index in [9.17, 15) is 4.79 Å². The monoisotopic (exact) mass is 326 g/mol. The lowest BCUT2D eigenvalue weighted by Crippen LogP contribution is -2.30. The second-order valence-electron chi connectivity index (χ2n) is 5.94. The van der Waals surface area contributed by atoms with Crippen LogP contribution in [0, 0.1) is 0 Å². The number of benzene rings is 1. The quantitative estimate of drug-likeness (QED) is 0.759. The number of nitrogens with one attached hydrogen (secondary N) is 3. The molecule has 0 saturated heterocycles. The van der Waals surface area contributed by atoms with E-state index in [1.165, 1.54) is 0 Å². The fraction of sp³-hybridized carbons (Fsp3) is 0.333. The first-order valence-corrected chi connectivity index (χ1v) is 8.08. The zero-order valence-corrected chi connectivity index (χ0v) is 13.9. The third-order valence-corrected chi connectivity index (χ3v) is 3.91. The van der Waals surface area contributed by atoms with Gasteiger partial charge >= 0.3 is 6.03 Å². The Morgan fingerprint density at radius 3 is 2.67 bits per heavy atom. The highest BCUT2D eigenvalue weighted by molar-refractivity contribution is 5.89. The standard InChI is InChI=1S/C18H22N4O2/c1-12(20-17-11-16(24-2)9-10-19-17)13-3-5-14(6-4-13)21-18(23)22-15-7-8-15/h3-6,9-12,15H,7-8H2,1-2H3,(H,19,20)(H2,21,22,23)/t12-/m0/s1. The summed E-state index contributed by atoms with van der Waals surface area (Å²) in [6.07, 6.45) is 3.86. The average Bonchev–Trinajstić information content (AvgIpc) is 3.39. The van der Waals surface area contributed by atoms with Crippen LogP contribution in [0.5, 0.6) is 5.75 Å². The normalized spacial score (nSPS) is 14.6. The van der Waals surface area contributed by atoms with Crippen molar-refractivity contribution < 1.29 is 9.53 Å². The summed E-state index contributed by atoms with van der Waals surface area (Å²) in [4.78, 5) is 16.0. The van der Waals surface area contributed by atoms with E-state index in [0.717, 1.165) is 35.7 Å². The molecular weight excluding hydrogens is 304 g/mol. The molecule has 1 aliphatic rings. The molecule has 1 fully saturated rings. The number of ether oxygens (including phenoxy) is 1. The molecule has 6 nitrogen and oxygen atoms in total. The molecule has 0 aliphatic heterocycles. The number of aromatic nitrogens is 1. The number of amides is 2. The van der Waals surface area contributed by atoms with E-state index in [1.54, 1.807) is 13.3 Å². The van der Waals surface area contributed by atoms with Gasteiger partial charge in [-0.15, -0.1) is 0 Å². The smallest absolute Gasteiger partial charge is 0.319 e. The minimum absolute atomic E-state index is 0.0824. The van der Waals surface area contributed by atoms with E-state index in [0.29, 0.717) is 6.04 Å². The minimum atomic E-state index is -0.142. The number of urea groups is 1. The molecule has 2 amide bonds. The molecule has 1 aromatic heterocycles. The van der Waals surface area contributed by atoms with Crippen LogP contribution in [0.25, 0.3) is 0 Å². The highest BCUT2D eigenvalue weighted by atomic mass is 16.5. The van der Waals surface area contributed by atoms with Crippen LogP contribution in [0.3, 0.4) is 0 Å². The summed E-state index contributed by atoms with van der Waals surface area (Å²) in [5.41, 5.74) is 1.89. The number of pyridine rings is 1. The number of hydrogen-bond acceptors (Lipinski definition) is 4. The largest absolute Gasteiger partial charge is 0.497 e. The molecule has 6 heteroatoms. The minimum Gasteiger partial charge on any atom is -0.497 e. The second-order valence-corrected chi connectivity index (χ2v) is 5.94. The van der Waals surface area contributed by atoms with Gasteiger partial charge in [-0.2, -0.15) is 0 Å². The summed E-state index contributed by atoms with van der Waals surface area (Å²) < 4.78 is 5.20. The molecule has 1 atom stereocenters. The maximum absolute atomic E-state index is 11.7. The van der Waals surface area contributed by atoms with Crippen LogP contribution in [0.4, 0.5) is 16.3 Å². The van der Waals surface area contributed by atoms with Crippen LogP contribution in [0.2, 0.25) is 0 Å². The van der Waals surface area contributed by atoms with Crippen molar-refractivity contribution >= 4 is 17.5 Å². The average molecular weight is 326 g/mol. The molecule has 1 aromatic carbocycles. The third kappa shape index (κ3) is 4.38. The van der Waals surface area contributed by atoms with Crippen LogP contribution in [-0.2, 0) is 0 Å². The first-order chi connectivity index (χ1) is 11.6. The number of rotatable bonds is 6. The predicted octanol–water partition coefficient (Wildman–Crippen LogP) is 3.55. The summed E-state index contributed by atoms with van der Waals surface area (Å²) in [6, 6.07) is 11.7. The highest BCUT2D eigenvalue weighted by Crippen LogP contribution is 2.22. The Morgan fingerprint density at radius 1 is 1.25 bits per heavy atom. The topological polar surface area (TPSA) is 75.3 Å². The molecule has 126 valence electrons. The number of methoxy groups -OCH3 is 1. The fourth-order valence-corrected chi connectivity index (χ4v) is 2.36. The summed E-state index contributed by atoms with van der Waals surface area (Å²) >= 11 is 0. The Bertz CT molecular complexity index is 698. The predicted molar refractivity (Wildman–Crippen MR) is 94.4 cm³/mol. The van der Waals surface area contributed by atoms with E-state index in [-0.39, 0.29) is 12.1 Å². The number of carbonyl (C=O) groups excluding carboxylic acids is 1. The maximum Gasteiger partial charge on any atom is 0.319 e. The molecule has 1 heterocycles. The van der Waals surface area contributed by atoms with Gasteiger partial charge in [0.2, 0.25) is 0 Å². The summed E-state index contributed by atoms with van der Waals surface area (Å²) in [7, 11) is 1.63. The van der Waals surface area contributed by atoms with Crippen molar-refractivity contribution in [1.82, 2.24) is 10.3 Å². The van der Waals surface area contributed by atoms with E-state index >= 15 is 0 Å². The Balaban J connectivity index is 1.58. The molecule has 0 radical (unpaired) electrons. The lowest BCUT2D eigenvalue weighted by molar-refractivity contribution is 0.251. The van der Waals surface area contributed by atoms with E-state index in [4.69, 9.17) is 4.74 Å². The first-order valence-electron chi connectivity index (χ1n) is 8.08. The Morgan fingerprint density at radius 2 is 2.00 bits per heavy atom. The van der Waals surface area contributed by atoms with Crippen LogP contribution in [0.15, 0.2) is 42.6 Å².